The Morgan fingerprint density at radius 1 is 1.11 bits per heavy atom. The SMILES string of the molecule is O=C(C1CC(=O)N(C2CC2)C1)N1CC(O)C(O)C1. The zero-order chi connectivity index (χ0) is 12.9. The molecule has 0 aromatic carbocycles. The molecule has 3 rings (SSSR count). The normalized spacial score (nSPS) is 36.6. The lowest BCUT2D eigenvalue weighted by atomic mass is 10.1. The molecule has 6 nitrogen and oxygen atoms in total. The second kappa shape index (κ2) is 4.20. The Morgan fingerprint density at radius 2 is 1.72 bits per heavy atom. The molecule has 3 unspecified atom stereocenters. The van der Waals surface area contributed by atoms with Crippen molar-refractivity contribution in [1.82, 2.24) is 9.80 Å². The number of nitrogens with zero attached hydrogens (tertiary/aromatic N) is 2. The molecule has 0 bridgehead atoms. The third-order valence-corrected chi connectivity index (χ3v) is 4.07. The van der Waals surface area contributed by atoms with E-state index in [0.717, 1.165) is 12.8 Å². The van der Waals surface area contributed by atoms with Crippen LogP contribution >= 0.6 is 0 Å². The van der Waals surface area contributed by atoms with E-state index in [1.807, 2.05) is 4.90 Å². The Hall–Kier alpha value is -1.14. The van der Waals surface area contributed by atoms with Gasteiger partial charge < -0.3 is 20.0 Å². The zero-order valence-electron chi connectivity index (χ0n) is 10.2. The van der Waals surface area contributed by atoms with Crippen LogP contribution in [0.15, 0.2) is 0 Å². The van der Waals surface area contributed by atoms with Crippen molar-refractivity contribution < 1.29 is 19.8 Å². The number of rotatable bonds is 2. The third-order valence-electron chi connectivity index (χ3n) is 4.07. The smallest absolute Gasteiger partial charge is 0.228 e. The fourth-order valence-corrected chi connectivity index (χ4v) is 2.84. The van der Waals surface area contributed by atoms with Crippen LogP contribution in [-0.2, 0) is 9.59 Å². The van der Waals surface area contributed by atoms with Crippen molar-refractivity contribution in [2.24, 2.45) is 5.92 Å². The van der Waals surface area contributed by atoms with Gasteiger partial charge in [-0.1, -0.05) is 0 Å². The number of likely N-dealkylation sites (tertiary alicyclic amines) is 2. The highest BCUT2D eigenvalue weighted by atomic mass is 16.3. The van der Waals surface area contributed by atoms with Crippen molar-refractivity contribution in [2.45, 2.75) is 37.5 Å². The topological polar surface area (TPSA) is 81.1 Å². The summed E-state index contributed by atoms with van der Waals surface area (Å²) in [4.78, 5) is 27.3. The Kier molecular flexibility index (Phi) is 2.79. The molecule has 2 saturated heterocycles. The van der Waals surface area contributed by atoms with E-state index in [1.54, 1.807) is 0 Å². The van der Waals surface area contributed by atoms with Gasteiger partial charge in [0.05, 0.1) is 18.1 Å². The minimum atomic E-state index is -0.856. The van der Waals surface area contributed by atoms with Crippen molar-refractivity contribution >= 4 is 11.8 Å². The average Bonchev–Trinajstić information content (AvgIpc) is 3.02. The van der Waals surface area contributed by atoms with Gasteiger partial charge in [0.15, 0.2) is 0 Å². The number of β-amino-alcohol motifs (C(OH)–C–C–N with tert-alkyl or cyclic N) is 2. The van der Waals surface area contributed by atoms with Gasteiger partial charge in [0.1, 0.15) is 0 Å². The molecular weight excluding hydrogens is 236 g/mol. The van der Waals surface area contributed by atoms with Crippen LogP contribution in [0.4, 0.5) is 0 Å². The summed E-state index contributed by atoms with van der Waals surface area (Å²) in [5.41, 5.74) is 0. The number of hydrogen-bond donors (Lipinski definition) is 2. The molecule has 0 spiro atoms. The number of aliphatic hydroxyl groups is 2. The van der Waals surface area contributed by atoms with Crippen LogP contribution in [0.25, 0.3) is 0 Å². The first-order chi connectivity index (χ1) is 8.56. The van der Waals surface area contributed by atoms with Gasteiger partial charge in [0.25, 0.3) is 0 Å². The Balaban J connectivity index is 1.62. The van der Waals surface area contributed by atoms with E-state index < -0.39 is 12.2 Å². The number of carbonyl (C=O) groups excluding carboxylic acids is 2. The van der Waals surface area contributed by atoms with E-state index in [-0.39, 0.29) is 37.2 Å². The monoisotopic (exact) mass is 254 g/mol. The van der Waals surface area contributed by atoms with Gasteiger partial charge in [-0.25, -0.2) is 0 Å². The second-order valence-electron chi connectivity index (χ2n) is 5.56. The Morgan fingerprint density at radius 3 is 2.28 bits per heavy atom. The lowest BCUT2D eigenvalue weighted by molar-refractivity contribution is -0.135. The molecule has 0 radical (unpaired) electrons. The van der Waals surface area contributed by atoms with Crippen LogP contribution < -0.4 is 0 Å². The van der Waals surface area contributed by atoms with Crippen molar-refractivity contribution in [2.75, 3.05) is 19.6 Å². The van der Waals surface area contributed by atoms with Crippen molar-refractivity contribution in [1.29, 1.82) is 0 Å². The van der Waals surface area contributed by atoms with Crippen molar-refractivity contribution in [3.05, 3.63) is 0 Å². The molecule has 1 aliphatic carbocycles. The highest BCUT2D eigenvalue weighted by Crippen LogP contribution is 2.33. The van der Waals surface area contributed by atoms with E-state index in [9.17, 15) is 19.8 Å². The zero-order valence-corrected chi connectivity index (χ0v) is 10.2. The number of carbonyl (C=O) groups is 2. The first-order valence-electron chi connectivity index (χ1n) is 6.50. The quantitative estimate of drug-likeness (QED) is 0.632. The summed E-state index contributed by atoms with van der Waals surface area (Å²) < 4.78 is 0. The van der Waals surface area contributed by atoms with Gasteiger partial charge in [-0.05, 0) is 12.8 Å². The standard InChI is InChI=1S/C12H18N2O4/c15-9-5-13(6-10(9)16)12(18)7-3-11(17)14(4-7)8-1-2-8/h7-10,15-16H,1-6H2. The van der Waals surface area contributed by atoms with Crippen molar-refractivity contribution in [3.63, 3.8) is 0 Å². The summed E-state index contributed by atoms with van der Waals surface area (Å²) in [5.74, 6) is -0.339. The van der Waals surface area contributed by atoms with E-state index in [2.05, 4.69) is 0 Å². The second-order valence-corrected chi connectivity index (χ2v) is 5.56. The van der Waals surface area contributed by atoms with Gasteiger partial charge in [-0.2, -0.15) is 0 Å². The fourth-order valence-electron chi connectivity index (χ4n) is 2.84. The first kappa shape index (κ1) is 11.9. The van der Waals surface area contributed by atoms with Gasteiger partial charge >= 0.3 is 0 Å². The van der Waals surface area contributed by atoms with Gasteiger partial charge in [-0.3, -0.25) is 9.59 Å². The van der Waals surface area contributed by atoms with Crippen LogP contribution in [0.2, 0.25) is 0 Å². The summed E-state index contributed by atoms with van der Waals surface area (Å²) >= 11 is 0. The summed E-state index contributed by atoms with van der Waals surface area (Å²) in [6.07, 6.45) is 0.663. The van der Waals surface area contributed by atoms with Crippen LogP contribution in [0.3, 0.4) is 0 Å². The molecular formula is C12H18N2O4. The van der Waals surface area contributed by atoms with E-state index in [4.69, 9.17) is 0 Å². The summed E-state index contributed by atoms with van der Waals surface area (Å²) in [6.45, 7) is 0.854. The van der Waals surface area contributed by atoms with Gasteiger partial charge in [0, 0.05) is 32.1 Å². The molecule has 3 aliphatic rings. The minimum Gasteiger partial charge on any atom is -0.388 e. The molecule has 1 saturated carbocycles. The maximum Gasteiger partial charge on any atom is 0.228 e. The van der Waals surface area contributed by atoms with Crippen LogP contribution in [0, 0.1) is 5.92 Å². The lowest BCUT2D eigenvalue weighted by Crippen LogP contribution is -2.37. The molecule has 2 amide bonds. The molecule has 2 heterocycles. The highest BCUT2D eigenvalue weighted by molar-refractivity contribution is 5.89. The van der Waals surface area contributed by atoms with E-state index in [0.29, 0.717) is 12.6 Å². The molecule has 2 aliphatic heterocycles. The van der Waals surface area contributed by atoms with Gasteiger partial charge in [-0.15, -0.1) is 0 Å². The third kappa shape index (κ3) is 1.99. The predicted molar refractivity (Wildman–Crippen MR) is 61.4 cm³/mol. The van der Waals surface area contributed by atoms with E-state index in [1.165, 1.54) is 4.90 Å². The molecule has 6 heteroatoms. The highest BCUT2D eigenvalue weighted by Gasteiger charge is 2.44. The fraction of sp³-hybridized carbons (Fsp3) is 0.833. The Labute approximate surface area is 105 Å². The van der Waals surface area contributed by atoms with E-state index >= 15 is 0 Å². The van der Waals surface area contributed by atoms with Gasteiger partial charge in [0.2, 0.25) is 11.8 Å². The molecule has 3 atom stereocenters. The van der Waals surface area contributed by atoms with Crippen molar-refractivity contribution in [3.8, 4) is 0 Å². The molecule has 3 fully saturated rings. The molecule has 18 heavy (non-hydrogen) atoms. The largest absolute Gasteiger partial charge is 0.388 e. The number of hydrogen-bond acceptors (Lipinski definition) is 4. The van der Waals surface area contributed by atoms with Crippen LogP contribution in [0.5, 0.6) is 0 Å². The number of aliphatic hydroxyl groups excluding tert-OH is 2. The summed E-state index contributed by atoms with van der Waals surface area (Å²) in [7, 11) is 0. The summed E-state index contributed by atoms with van der Waals surface area (Å²) in [6, 6.07) is 0.352. The summed E-state index contributed by atoms with van der Waals surface area (Å²) in [5, 5.41) is 18.9. The molecule has 0 aromatic heterocycles. The Bertz CT molecular complexity index is 372. The number of amides is 2. The van der Waals surface area contributed by atoms with Crippen LogP contribution in [-0.4, -0.2) is 69.7 Å². The van der Waals surface area contributed by atoms with Crippen LogP contribution in [0.1, 0.15) is 19.3 Å². The molecule has 0 aromatic rings. The maximum absolute atomic E-state index is 12.2. The maximum atomic E-state index is 12.2. The molecule has 100 valence electrons. The average molecular weight is 254 g/mol. The predicted octanol–water partition coefficient (Wildman–Crippen LogP) is -1.44. The first-order valence-corrected chi connectivity index (χ1v) is 6.50. The molecule has 2 N–H and O–H groups in total. The minimum absolute atomic E-state index is 0.0659. The lowest BCUT2D eigenvalue weighted by Gasteiger charge is -2.20.